The first-order chi connectivity index (χ1) is 13.8. The molecule has 28 heavy (non-hydrogen) atoms. The second kappa shape index (κ2) is 6.52. The molecule has 1 saturated carbocycles. The molecule has 1 aromatic carbocycles. The second-order valence-electron chi connectivity index (χ2n) is 8.62. The van der Waals surface area contributed by atoms with Crippen LogP contribution in [0.15, 0.2) is 42.7 Å². The van der Waals surface area contributed by atoms with Crippen molar-refractivity contribution in [3.63, 3.8) is 0 Å². The molecule has 2 N–H and O–H groups in total. The minimum atomic E-state index is 0.710. The number of H-pyrrole nitrogens is 1. The highest BCUT2D eigenvalue weighted by atomic mass is 15.3. The molecule has 6 rings (SSSR count). The van der Waals surface area contributed by atoms with Crippen LogP contribution in [0.2, 0.25) is 0 Å². The van der Waals surface area contributed by atoms with E-state index in [9.17, 15) is 0 Å². The lowest BCUT2D eigenvalue weighted by Crippen LogP contribution is -2.32. The molecule has 0 radical (unpaired) electrons. The summed E-state index contributed by atoms with van der Waals surface area (Å²) in [5, 5.41) is 4.76. The van der Waals surface area contributed by atoms with E-state index in [1.165, 1.54) is 60.9 Å². The van der Waals surface area contributed by atoms with E-state index >= 15 is 0 Å². The van der Waals surface area contributed by atoms with Crippen LogP contribution in [0.3, 0.4) is 0 Å². The van der Waals surface area contributed by atoms with Gasteiger partial charge in [-0.15, -0.1) is 0 Å². The van der Waals surface area contributed by atoms with E-state index in [-0.39, 0.29) is 0 Å². The third kappa shape index (κ3) is 2.85. The van der Waals surface area contributed by atoms with Crippen LogP contribution >= 0.6 is 0 Å². The van der Waals surface area contributed by atoms with Gasteiger partial charge < -0.3 is 15.2 Å². The third-order valence-electron chi connectivity index (χ3n) is 6.69. The first-order valence-corrected chi connectivity index (χ1v) is 10.7. The number of anilines is 3. The zero-order valence-electron chi connectivity index (χ0n) is 16.2. The highest BCUT2D eigenvalue weighted by Gasteiger charge is 2.31. The van der Waals surface area contributed by atoms with Gasteiger partial charge in [0.15, 0.2) is 5.82 Å². The van der Waals surface area contributed by atoms with Gasteiger partial charge >= 0.3 is 0 Å². The molecule has 3 aliphatic rings. The largest absolute Gasteiger partial charge is 0.361 e. The van der Waals surface area contributed by atoms with Crippen molar-refractivity contribution in [1.82, 2.24) is 14.9 Å². The maximum atomic E-state index is 4.45. The Hall–Kier alpha value is -2.53. The Morgan fingerprint density at radius 1 is 1.14 bits per heavy atom. The second-order valence-corrected chi connectivity index (χ2v) is 8.62. The molecule has 5 nitrogen and oxygen atoms in total. The summed E-state index contributed by atoms with van der Waals surface area (Å²) in [5.41, 5.74) is 5.09. The van der Waals surface area contributed by atoms with Crippen molar-refractivity contribution >= 4 is 28.1 Å². The van der Waals surface area contributed by atoms with Gasteiger partial charge in [0.05, 0.1) is 12.4 Å². The Bertz CT molecular complexity index is 1010. The molecule has 1 aliphatic carbocycles. The van der Waals surface area contributed by atoms with Gasteiger partial charge in [0.25, 0.3) is 0 Å². The Kier molecular flexibility index (Phi) is 3.82. The number of benzene rings is 1. The van der Waals surface area contributed by atoms with Crippen LogP contribution < -0.4 is 10.2 Å². The van der Waals surface area contributed by atoms with Crippen LogP contribution in [-0.4, -0.2) is 40.7 Å². The van der Waals surface area contributed by atoms with Gasteiger partial charge in [-0.3, -0.25) is 4.90 Å². The molecule has 0 bridgehead atoms. The van der Waals surface area contributed by atoms with Crippen molar-refractivity contribution in [3.05, 3.63) is 48.3 Å². The van der Waals surface area contributed by atoms with E-state index in [0.29, 0.717) is 6.04 Å². The van der Waals surface area contributed by atoms with Gasteiger partial charge in [-0.25, -0.2) is 4.98 Å². The molecule has 144 valence electrons. The number of aromatic amines is 1. The van der Waals surface area contributed by atoms with E-state index in [0.717, 1.165) is 30.5 Å². The molecule has 5 heteroatoms. The number of hydrogen-bond donors (Lipinski definition) is 2. The number of aromatic nitrogens is 2. The highest BCUT2D eigenvalue weighted by molar-refractivity contribution is 5.89. The van der Waals surface area contributed by atoms with Crippen molar-refractivity contribution in [2.24, 2.45) is 5.92 Å². The summed E-state index contributed by atoms with van der Waals surface area (Å²) in [4.78, 5) is 13.0. The lowest BCUT2D eigenvalue weighted by atomic mass is 10.0. The molecule has 0 unspecified atom stereocenters. The summed E-state index contributed by atoms with van der Waals surface area (Å²) in [6, 6.07) is 11.6. The molecule has 4 heterocycles. The zero-order chi connectivity index (χ0) is 18.5. The van der Waals surface area contributed by atoms with Gasteiger partial charge in [-0.2, -0.15) is 0 Å². The zero-order valence-corrected chi connectivity index (χ0v) is 16.2. The topological polar surface area (TPSA) is 47.2 Å². The first-order valence-electron chi connectivity index (χ1n) is 10.7. The minimum absolute atomic E-state index is 0.710. The number of pyridine rings is 1. The van der Waals surface area contributed by atoms with Crippen LogP contribution in [0.25, 0.3) is 10.9 Å². The molecular formula is C23H27N5. The molecule has 1 saturated heterocycles. The van der Waals surface area contributed by atoms with E-state index in [4.69, 9.17) is 0 Å². The van der Waals surface area contributed by atoms with Crippen LogP contribution in [0.1, 0.15) is 31.2 Å². The summed E-state index contributed by atoms with van der Waals surface area (Å²) >= 11 is 0. The molecular weight excluding hydrogens is 346 g/mol. The Labute approximate surface area is 165 Å². The molecule has 0 spiro atoms. The average Bonchev–Trinajstić information content (AvgIpc) is 3.12. The van der Waals surface area contributed by atoms with E-state index in [2.05, 4.69) is 55.5 Å². The molecule has 1 atom stereocenters. The summed E-state index contributed by atoms with van der Waals surface area (Å²) in [6.45, 7) is 3.38. The minimum Gasteiger partial charge on any atom is -0.361 e. The average molecular weight is 374 g/mol. The van der Waals surface area contributed by atoms with Crippen LogP contribution in [0, 0.1) is 5.92 Å². The predicted octanol–water partition coefficient (Wildman–Crippen LogP) is 4.50. The van der Waals surface area contributed by atoms with Crippen molar-refractivity contribution in [3.8, 4) is 0 Å². The maximum absolute atomic E-state index is 4.45. The lowest BCUT2D eigenvalue weighted by Gasteiger charge is -2.24. The van der Waals surface area contributed by atoms with Crippen molar-refractivity contribution in [2.45, 2.75) is 38.1 Å². The van der Waals surface area contributed by atoms with E-state index < -0.39 is 0 Å². The van der Waals surface area contributed by atoms with Gasteiger partial charge in [-0.05, 0) is 80.5 Å². The lowest BCUT2D eigenvalue weighted by molar-refractivity contribution is 0.243. The van der Waals surface area contributed by atoms with Crippen LogP contribution in [-0.2, 0) is 6.42 Å². The summed E-state index contributed by atoms with van der Waals surface area (Å²) in [6.07, 6.45) is 10.8. The van der Waals surface area contributed by atoms with Gasteiger partial charge in [0, 0.05) is 41.6 Å². The quantitative estimate of drug-likeness (QED) is 0.691. The summed E-state index contributed by atoms with van der Waals surface area (Å²) < 4.78 is 0. The van der Waals surface area contributed by atoms with Crippen molar-refractivity contribution < 1.29 is 0 Å². The molecule has 2 aliphatic heterocycles. The van der Waals surface area contributed by atoms with Crippen LogP contribution in [0.4, 0.5) is 17.2 Å². The van der Waals surface area contributed by atoms with Gasteiger partial charge in [0.2, 0.25) is 0 Å². The number of nitrogens with one attached hydrogen (secondary N) is 2. The van der Waals surface area contributed by atoms with Crippen molar-refractivity contribution in [1.29, 1.82) is 0 Å². The smallest absolute Gasteiger partial charge is 0.151 e. The van der Waals surface area contributed by atoms with Crippen molar-refractivity contribution in [2.75, 3.05) is 30.0 Å². The third-order valence-corrected chi connectivity index (χ3v) is 6.69. The normalized spacial score (nSPS) is 22.0. The molecule has 0 amide bonds. The highest BCUT2D eigenvalue weighted by Crippen LogP contribution is 2.37. The van der Waals surface area contributed by atoms with E-state index in [1.807, 2.05) is 12.3 Å². The van der Waals surface area contributed by atoms with Gasteiger partial charge in [-0.1, -0.05) is 0 Å². The number of nitrogens with zero attached hydrogens (tertiary/aromatic N) is 3. The standard InChI is InChI=1S/C23H27N5/c1-4-22-23(24-9-1)26-15-28(22)19-7-8-21-20(12-19)17(13-25-21)11-18-3-2-10-27(18)14-16-5-6-16/h1,4,7-9,12-13,16,18,25H,2-3,5-6,10-11,14-15H2,(H,24,26)/t18-/m1/s1. The number of likely N-dealkylation sites (tertiary alicyclic amines) is 1. The number of rotatable bonds is 5. The first kappa shape index (κ1) is 16.4. The molecule has 2 aromatic heterocycles. The summed E-state index contributed by atoms with van der Waals surface area (Å²) in [5.74, 6) is 1.95. The summed E-state index contributed by atoms with van der Waals surface area (Å²) in [7, 11) is 0. The van der Waals surface area contributed by atoms with E-state index in [1.54, 1.807) is 0 Å². The van der Waals surface area contributed by atoms with Crippen LogP contribution in [0.5, 0.6) is 0 Å². The monoisotopic (exact) mass is 373 g/mol. The Morgan fingerprint density at radius 3 is 3.04 bits per heavy atom. The fraction of sp³-hybridized carbons (Fsp3) is 0.435. The fourth-order valence-corrected chi connectivity index (χ4v) is 4.98. The number of hydrogen-bond acceptors (Lipinski definition) is 4. The SMILES string of the molecule is c1cnc2c(c1)N(c1ccc3[nH]cc(C[C@H]4CCCN4CC4CC4)c3c1)CN2. The maximum Gasteiger partial charge on any atom is 0.151 e. The fourth-order valence-electron chi connectivity index (χ4n) is 4.98. The predicted molar refractivity (Wildman–Crippen MR) is 114 cm³/mol. The van der Waals surface area contributed by atoms with Gasteiger partial charge in [0.1, 0.15) is 0 Å². The Morgan fingerprint density at radius 2 is 2.11 bits per heavy atom. The molecule has 3 aromatic rings. The Balaban J connectivity index is 1.29. The molecule has 2 fully saturated rings. The number of fused-ring (bicyclic) bond motifs is 2.